The van der Waals surface area contributed by atoms with Crippen LogP contribution in [0.4, 0.5) is 0 Å². The molecule has 0 unspecified atom stereocenters. The van der Waals surface area contributed by atoms with Gasteiger partial charge in [0, 0.05) is 6.61 Å². The maximum absolute atomic E-state index is 5.73. The van der Waals surface area contributed by atoms with E-state index in [2.05, 4.69) is 13.3 Å². The Morgan fingerprint density at radius 3 is 2.62 bits per heavy atom. The molecule has 1 rings (SSSR count). The SMILES string of the molecule is CCCCCCO[C]1CC[CH]CC1. The average Bonchev–Trinajstić information content (AvgIpc) is 2.19. The molecule has 76 valence electrons. The molecule has 0 amide bonds. The maximum Gasteiger partial charge on any atom is 0.0970 e. The lowest BCUT2D eigenvalue weighted by atomic mass is 9.98. The second kappa shape index (κ2) is 7.37. The molecule has 0 N–H and O–H groups in total. The lowest BCUT2D eigenvalue weighted by Gasteiger charge is -2.20. The van der Waals surface area contributed by atoms with E-state index in [-0.39, 0.29) is 0 Å². The second-order valence-corrected chi connectivity index (χ2v) is 3.81. The van der Waals surface area contributed by atoms with E-state index in [1.165, 1.54) is 57.5 Å². The molecule has 0 aromatic rings. The van der Waals surface area contributed by atoms with Gasteiger partial charge in [0.25, 0.3) is 0 Å². The Morgan fingerprint density at radius 2 is 1.92 bits per heavy atom. The largest absolute Gasteiger partial charge is 0.372 e. The molecule has 0 aromatic heterocycles. The van der Waals surface area contributed by atoms with E-state index in [4.69, 9.17) is 4.74 Å². The van der Waals surface area contributed by atoms with E-state index in [1.807, 2.05) is 0 Å². The molecule has 0 spiro atoms. The van der Waals surface area contributed by atoms with Crippen LogP contribution >= 0.6 is 0 Å². The number of hydrogen-bond acceptors (Lipinski definition) is 1. The van der Waals surface area contributed by atoms with Crippen LogP contribution in [0.2, 0.25) is 0 Å². The smallest absolute Gasteiger partial charge is 0.0970 e. The van der Waals surface area contributed by atoms with Crippen LogP contribution < -0.4 is 0 Å². The molecule has 13 heavy (non-hydrogen) atoms. The first-order chi connectivity index (χ1) is 6.43. The van der Waals surface area contributed by atoms with Gasteiger partial charge >= 0.3 is 0 Å². The van der Waals surface area contributed by atoms with Crippen molar-refractivity contribution in [1.82, 2.24) is 0 Å². The first kappa shape index (κ1) is 11.0. The molecular formula is C12H22O. The standard InChI is InChI=1S/C12H22O/c1-2-3-4-8-11-13-12-9-6-5-7-10-12/h5H,2-4,6-11H2,1H3. The highest BCUT2D eigenvalue weighted by Gasteiger charge is 2.14. The van der Waals surface area contributed by atoms with E-state index in [1.54, 1.807) is 0 Å². The van der Waals surface area contributed by atoms with Crippen LogP contribution in [0.15, 0.2) is 0 Å². The molecule has 0 aromatic carbocycles. The molecule has 1 nitrogen and oxygen atoms in total. The van der Waals surface area contributed by atoms with Gasteiger partial charge in [-0.1, -0.05) is 26.2 Å². The summed E-state index contributed by atoms with van der Waals surface area (Å²) in [4.78, 5) is 0. The first-order valence-electron chi connectivity index (χ1n) is 5.72. The van der Waals surface area contributed by atoms with Crippen LogP contribution in [0.25, 0.3) is 0 Å². The van der Waals surface area contributed by atoms with E-state index >= 15 is 0 Å². The maximum atomic E-state index is 5.73. The Morgan fingerprint density at radius 1 is 1.15 bits per heavy atom. The zero-order valence-electron chi connectivity index (χ0n) is 8.85. The summed E-state index contributed by atoms with van der Waals surface area (Å²) in [6.45, 7) is 3.20. The Balaban J connectivity index is 1.86. The van der Waals surface area contributed by atoms with E-state index in [0.717, 1.165) is 6.61 Å². The minimum atomic E-state index is 0.954. The molecule has 1 saturated carbocycles. The van der Waals surface area contributed by atoms with Gasteiger partial charge in [0.05, 0.1) is 6.10 Å². The summed E-state index contributed by atoms with van der Waals surface area (Å²) in [5, 5.41) is 0. The third kappa shape index (κ3) is 5.30. The molecule has 0 bridgehead atoms. The average molecular weight is 182 g/mol. The van der Waals surface area contributed by atoms with Crippen molar-refractivity contribution in [1.29, 1.82) is 0 Å². The van der Waals surface area contributed by atoms with Gasteiger partial charge in [-0.25, -0.2) is 0 Å². The van der Waals surface area contributed by atoms with Gasteiger partial charge in [0.15, 0.2) is 0 Å². The highest BCUT2D eigenvalue weighted by Crippen LogP contribution is 2.25. The number of unbranched alkanes of at least 4 members (excludes halogenated alkanes) is 3. The van der Waals surface area contributed by atoms with Crippen molar-refractivity contribution in [2.75, 3.05) is 6.61 Å². The van der Waals surface area contributed by atoms with Crippen molar-refractivity contribution in [3.8, 4) is 0 Å². The summed E-state index contributed by atoms with van der Waals surface area (Å²) in [6.07, 6.45) is 13.7. The van der Waals surface area contributed by atoms with Gasteiger partial charge in [-0.2, -0.15) is 0 Å². The van der Waals surface area contributed by atoms with E-state index in [0.29, 0.717) is 0 Å². The lowest BCUT2D eigenvalue weighted by molar-refractivity contribution is 0.116. The molecule has 1 fully saturated rings. The molecule has 0 heterocycles. The quantitative estimate of drug-likeness (QED) is 0.566. The van der Waals surface area contributed by atoms with Crippen LogP contribution in [-0.2, 0) is 4.74 Å². The van der Waals surface area contributed by atoms with Gasteiger partial charge < -0.3 is 4.74 Å². The summed E-state index contributed by atoms with van der Waals surface area (Å²) in [6, 6.07) is 0. The topological polar surface area (TPSA) is 9.23 Å². The fourth-order valence-electron chi connectivity index (χ4n) is 1.69. The molecule has 0 aliphatic heterocycles. The normalized spacial score (nSPS) is 19.2. The number of hydrogen-bond donors (Lipinski definition) is 0. The van der Waals surface area contributed by atoms with Gasteiger partial charge in [0.1, 0.15) is 0 Å². The molecule has 0 atom stereocenters. The van der Waals surface area contributed by atoms with Crippen molar-refractivity contribution in [2.45, 2.75) is 58.3 Å². The fraction of sp³-hybridized carbons (Fsp3) is 0.833. The van der Waals surface area contributed by atoms with Gasteiger partial charge in [-0.05, 0) is 38.5 Å². The van der Waals surface area contributed by atoms with Gasteiger partial charge in [0.2, 0.25) is 0 Å². The summed E-state index contributed by atoms with van der Waals surface area (Å²) < 4.78 is 5.73. The Bertz CT molecular complexity index is 106. The van der Waals surface area contributed by atoms with Crippen molar-refractivity contribution >= 4 is 0 Å². The lowest BCUT2D eigenvalue weighted by Crippen LogP contribution is -2.09. The predicted molar refractivity (Wildman–Crippen MR) is 56.1 cm³/mol. The Labute approximate surface area is 82.9 Å². The van der Waals surface area contributed by atoms with Gasteiger partial charge in [-0.15, -0.1) is 0 Å². The van der Waals surface area contributed by atoms with Crippen molar-refractivity contribution in [2.24, 2.45) is 0 Å². The summed E-state index contributed by atoms with van der Waals surface area (Å²) in [5.74, 6) is 0. The van der Waals surface area contributed by atoms with Crippen molar-refractivity contribution in [3.63, 3.8) is 0 Å². The highest BCUT2D eigenvalue weighted by atomic mass is 16.5. The van der Waals surface area contributed by atoms with Crippen LogP contribution in [-0.4, -0.2) is 6.61 Å². The van der Waals surface area contributed by atoms with Crippen LogP contribution in [0.3, 0.4) is 0 Å². The summed E-state index contributed by atoms with van der Waals surface area (Å²) in [5.41, 5.74) is 0. The van der Waals surface area contributed by atoms with E-state index in [9.17, 15) is 0 Å². The first-order valence-corrected chi connectivity index (χ1v) is 5.72. The molecule has 2 radical (unpaired) electrons. The fourth-order valence-corrected chi connectivity index (χ4v) is 1.69. The zero-order chi connectivity index (χ0) is 9.36. The number of ether oxygens (including phenoxy) is 1. The van der Waals surface area contributed by atoms with E-state index < -0.39 is 0 Å². The van der Waals surface area contributed by atoms with Crippen LogP contribution in [0.1, 0.15) is 58.3 Å². The monoisotopic (exact) mass is 182 g/mol. The highest BCUT2D eigenvalue weighted by molar-refractivity contribution is 4.89. The molecule has 0 saturated heterocycles. The third-order valence-corrected chi connectivity index (χ3v) is 2.56. The van der Waals surface area contributed by atoms with Crippen LogP contribution in [0, 0.1) is 12.5 Å². The predicted octanol–water partition coefficient (Wildman–Crippen LogP) is 3.89. The van der Waals surface area contributed by atoms with Gasteiger partial charge in [-0.3, -0.25) is 0 Å². The van der Waals surface area contributed by atoms with Crippen molar-refractivity contribution in [3.05, 3.63) is 12.5 Å². The summed E-state index contributed by atoms with van der Waals surface area (Å²) >= 11 is 0. The van der Waals surface area contributed by atoms with Crippen molar-refractivity contribution < 1.29 is 4.74 Å². The minimum absolute atomic E-state index is 0.954. The minimum Gasteiger partial charge on any atom is -0.372 e. The zero-order valence-corrected chi connectivity index (χ0v) is 8.85. The van der Waals surface area contributed by atoms with Crippen LogP contribution in [0.5, 0.6) is 0 Å². The Kier molecular flexibility index (Phi) is 6.26. The molecule has 1 heteroatoms. The Hall–Kier alpha value is -0.0400. The molecular weight excluding hydrogens is 160 g/mol. The summed E-state index contributed by atoms with van der Waals surface area (Å²) in [7, 11) is 0. The molecule has 1 aliphatic carbocycles. The molecule has 1 aliphatic rings. The second-order valence-electron chi connectivity index (χ2n) is 3.81. The number of rotatable bonds is 6. The third-order valence-electron chi connectivity index (χ3n) is 2.56.